The highest BCUT2D eigenvalue weighted by molar-refractivity contribution is 6.05. The number of imide groups is 1. The lowest BCUT2D eigenvalue weighted by molar-refractivity contribution is -0.138. The molecule has 0 spiro atoms. The van der Waals surface area contributed by atoms with E-state index in [2.05, 4.69) is 20.2 Å². The fraction of sp³-hybridized carbons (Fsp3) is 0.519. The van der Waals surface area contributed by atoms with E-state index in [-0.39, 0.29) is 42.8 Å². The first-order valence-electron chi connectivity index (χ1n) is 13.2. The monoisotopic (exact) mass is 543 g/mol. The van der Waals surface area contributed by atoms with Crippen LogP contribution in [0.25, 0.3) is 0 Å². The number of benzene rings is 1. The summed E-state index contributed by atoms with van der Waals surface area (Å²) in [5.74, 6) is 0.0861. The Bertz CT molecular complexity index is 1300. The van der Waals surface area contributed by atoms with Gasteiger partial charge in [0.25, 0.3) is 5.91 Å². The lowest BCUT2D eigenvalue weighted by Crippen LogP contribution is -2.57. The van der Waals surface area contributed by atoms with Crippen LogP contribution in [0.5, 0.6) is 5.75 Å². The Labute approximate surface area is 222 Å². The number of nitrogens with one attached hydrogen (secondary N) is 1. The van der Waals surface area contributed by atoms with Gasteiger partial charge in [0.05, 0.1) is 5.56 Å². The molecule has 3 atom stereocenters. The number of aromatic nitrogens is 2. The molecule has 4 aliphatic rings. The van der Waals surface area contributed by atoms with E-state index < -0.39 is 23.7 Å². The minimum Gasteiger partial charge on any atom is -0.489 e. The average Bonchev–Trinajstić information content (AvgIpc) is 3.19. The number of carbonyl (C=O) groups is 3. The van der Waals surface area contributed by atoms with E-state index in [9.17, 15) is 27.6 Å². The molecule has 1 N–H and O–H groups in total. The van der Waals surface area contributed by atoms with Crippen LogP contribution in [0.2, 0.25) is 0 Å². The number of ether oxygens (including phenoxy) is 1. The molecule has 206 valence electrons. The van der Waals surface area contributed by atoms with Crippen LogP contribution >= 0.6 is 0 Å². The number of nitrogens with zero attached hydrogens (tertiary/aromatic N) is 4. The first kappa shape index (κ1) is 25.7. The number of carbonyl (C=O) groups excluding carboxylic acids is 3. The molecule has 0 unspecified atom stereocenters. The van der Waals surface area contributed by atoms with Crippen LogP contribution in [0, 0.1) is 0 Å². The van der Waals surface area contributed by atoms with Gasteiger partial charge in [0.15, 0.2) is 0 Å². The molecule has 4 heterocycles. The van der Waals surface area contributed by atoms with Crippen molar-refractivity contribution < 1.29 is 32.3 Å². The average molecular weight is 544 g/mol. The van der Waals surface area contributed by atoms with E-state index in [1.165, 1.54) is 4.90 Å². The zero-order valence-corrected chi connectivity index (χ0v) is 21.1. The molecule has 1 aliphatic carbocycles. The summed E-state index contributed by atoms with van der Waals surface area (Å²) < 4.78 is 44.9. The lowest BCUT2D eigenvalue weighted by Gasteiger charge is -2.47. The molecule has 2 aromatic rings. The quantitative estimate of drug-likeness (QED) is 0.578. The third kappa shape index (κ3) is 4.97. The Kier molecular flexibility index (Phi) is 6.52. The second kappa shape index (κ2) is 9.89. The van der Waals surface area contributed by atoms with Gasteiger partial charge in [-0.15, -0.1) is 0 Å². The summed E-state index contributed by atoms with van der Waals surface area (Å²) in [4.78, 5) is 48.5. The highest BCUT2D eigenvalue weighted by Crippen LogP contribution is 2.36. The zero-order valence-electron chi connectivity index (χ0n) is 21.1. The van der Waals surface area contributed by atoms with Gasteiger partial charge < -0.3 is 9.64 Å². The summed E-state index contributed by atoms with van der Waals surface area (Å²) >= 11 is 0. The molecule has 6 rings (SSSR count). The van der Waals surface area contributed by atoms with Gasteiger partial charge in [-0.25, -0.2) is 9.97 Å². The number of alkyl halides is 3. The number of likely N-dealkylation sites (tertiary alicyclic amines) is 1. The van der Waals surface area contributed by atoms with Crippen molar-refractivity contribution in [2.45, 2.75) is 75.4 Å². The van der Waals surface area contributed by atoms with Gasteiger partial charge in [0.1, 0.15) is 23.7 Å². The molecule has 1 aromatic heterocycles. The maximum absolute atomic E-state index is 13.0. The van der Waals surface area contributed by atoms with E-state index in [1.807, 2.05) is 6.07 Å². The standard InChI is InChI=1S/C27H28F3N5O4/c28-27(29,30)17-10-31-24(32-11-17)16-12-34(13-16)20-3-1-2-4-22(20)39-18-5-6-19-15(9-18)14-35(26(19)38)21-7-8-23(36)33-25(21)37/h5-6,9-11,16,20-22H,1-4,7-8,12-14H2,(H,33,36,37)/t20-,21+,22+/m1/s1. The second-order valence-corrected chi connectivity index (χ2v) is 10.7. The maximum Gasteiger partial charge on any atom is 0.419 e. The van der Waals surface area contributed by atoms with Crippen LogP contribution in [0.15, 0.2) is 30.6 Å². The van der Waals surface area contributed by atoms with Gasteiger partial charge in [-0.3, -0.25) is 24.6 Å². The van der Waals surface area contributed by atoms with E-state index in [1.54, 1.807) is 12.1 Å². The lowest BCUT2D eigenvalue weighted by atomic mass is 9.86. The smallest absolute Gasteiger partial charge is 0.419 e. The minimum atomic E-state index is -4.45. The van der Waals surface area contributed by atoms with E-state index in [4.69, 9.17) is 4.74 Å². The van der Waals surface area contributed by atoms with Crippen LogP contribution in [-0.4, -0.2) is 68.8 Å². The molecule has 0 radical (unpaired) electrons. The molecule has 3 fully saturated rings. The Morgan fingerprint density at radius 3 is 2.46 bits per heavy atom. The highest BCUT2D eigenvalue weighted by atomic mass is 19.4. The number of piperidine rings is 1. The Morgan fingerprint density at radius 1 is 1.00 bits per heavy atom. The second-order valence-electron chi connectivity index (χ2n) is 10.7. The van der Waals surface area contributed by atoms with Crippen LogP contribution in [0.4, 0.5) is 13.2 Å². The fourth-order valence-corrected chi connectivity index (χ4v) is 6.07. The molecule has 9 nitrogen and oxygen atoms in total. The fourth-order valence-electron chi connectivity index (χ4n) is 6.07. The number of hydrogen-bond acceptors (Lipinski definition) is 7. The molecule has 1 saturated carbocycles. The van der Waals surface area contributed by atoms with Gasteiger partial charge in [-0.05, 0) is 49.4 Å². The van der Waals surface area contributed by atoms with Gasteiger partial charge in [-0.2, -0.15) is 13.2 Å². The van der Waals surface area contributed by atoms with Crippen molar-refractivity contribution in [2.75, 3.05) is 13.1 Å². The Morgan fingerprint density at radius 2 is 1.74 bits per heavy atom. The third-order valence-corrected chi connectivity index (χ3v) is 8.19. The van der Waals surface area contributed by atoms with E-state index in [0.717, 1.165) is 43.6 Å². The summed E-state index contributed by atoms with van der Waals surface area (Å²) in [6, 6.07) is 4.88. The number of halogens is 3. The molecule has 3 aliphatic heterocycles. The van der Waals surface area contributed by atoms with Crippen molar-refractivity contribution in [1.82, 2.24) is 25.1 Å². The van der Waals surface area contributed by atoms with Crippen LogP contribution in [0.1, 0.15) is 71.8 Å². The molecular formula is C27H28F3N5O4. The van der Waals surface area contributed by atoms with Crippen molar-refractivity contribution in [1.29, 1.82) is 0 Å². The summed E-state index contributed by atoms with van der Waals surface area (Å²) in [5.41, 5.74) is 0.479. The van der Waals surface area contributed by atoms with Gasteiger partial charge in [0.2, 0.25) is 11.8 Å². The molecule has 0 bridgehead atoms. The molecule has 2 saturated heterocycles. The molecule has 1 aromatic carbocycles. The van der Waals surface area contributed by atoms with E-state index >= 15 is 0 Å². The predicted octanol–water partition coefficient (Wildman–Crippen LogP) is 3.05. The van der Waals surface area contributed by atoms with Crippen molar-refractivity contribution in [3.8, 4) is 5.75 Å². The van der Waals surface area contributed by atoms with Crippen molar-refractivity contribution in [3.63, 3.8) is 0 Å². The molecular weight excluding hydrogens is 515 g/mol. The van der Waals surface area contributed by atoms with Crippen molar-refractivity contribution >= 4 is 17.7 Å². The summed E-state index contributed by atoms with van der Waals surface area (Å²) in [6.45, 7) is 1.61. The predicted molar refractivity (Wildman–Crippen MR) is 131 cm³/mol. The largest absolute Gasteiger partial charge is 0.489 e. The first-order chi connectivity index (χ1) is 18.7. The number of amides is 3. The minimum absolute atomic E-state index is 0.0147. The van der Waals surface area contributed by atoms with Gasteiger partial charge in [0, 0.05) is 56.0 Å². The van der Waals surface area contributed by atoms with Gasteiger partial charge >= 0.3 is 6.18 Å². The van der Waals surface area contributed by atoms with Gasteiger partial charge in [-0.1, -0.05) is 6.42 Å². The number of rotatable bonds is 5. The maximum atomic E-state index is 13.0. The topological polar surface area (TPSA) is 105 Å². The van der Waals surface area contributed by atoms with Crippen LogP contribution < -0.4 is 10.1 Å². The summed E-state index contributed by atoms with van der Waals surface area (Å²) in [6.07, 6.45) is 1.63. The van der Waals surface area contributed by atoms with Crippen molar-refractivity contribution in [2.24, 2.45) is 0 Å². The highest BCUT2D eigenvalue weighted by Gasteiger charge is 2.42. The summed E-state index contributed by atoms with van der Waals surface area (Å²) in [5, 5.41) is 2.31. The Balaban J connectivity index is 1.09. The van der Waals surface area contributed by atoms with Crippen LogP contribution in [0.3, 0.4) is 0 Å². The van der Waals surface area contributed by atoms with Crippen molar-refractivity contribution in [3.05, 3.63) is 53.1 Å². The van der Waals surface area contributed by atoms with Crippen LogP contribution in [-0.2, 0) is 22.3 Å². The molecule has 3 amide bonds. The number of fused-ring (bicyclic) bond motifs is 1. The third-order valence-electron chi connectivity index (χ3n) is 8.19. The molecule has 12 heteroatoms. The van der Waals surface area contributed by atoms with E-state index in [0.29, 0.717) is 36.6 Å². The first-order valence-corrected chi connectivity index (χ1v) is 13.2. The summed E-state index contributed by atoms with van der Waals surface area (Å²) in [7, 11) is 0. The normalized spacial score (nSPS) is 26.3. The molecule has 39 heavy (non-hydrogen) atoms. The zero-order chi connectivity index (χ0) is 27.3. The number of hydrogen-bond donors (Lipinski definition) is 1. The SMILES string of the molecule is O=C1CC[C@H](N2Cc3cc(O[C@H]4CCCC[C@H]4N4CC(c5ncc(C(F)(F)F)cn5)C4)ccc3C2=O)C(=O)N1. The Hall–Kier alpha value is -3.54.